The Morgan fingerprint density at radius 1 is 1.14 bits per heavy atom. The Morgan fingerprint density at radius 3 is 2.95 bits per heavy atom. The van der Waals surface area contributed by atoms with Gasteiger partial charge in [0.15, 0.2) is 0 Å². The largest absolute Gasteiger partial charge is 0.327 e. The van der Waals surface area contributed by atoms with Crippen LogP contribution in [-0.4, -0.2) is 29.0 Å². The number of nitrogens with zero attached hydrogens (tertiary/aromatic N) is 2. The van der Waals surface area contributed by atoms with Crippen LogP contribution in [0.15, 0.2) is 36.7 Å². The van der Waals surface area contributed by atoms with Crippen LogP contribution < -0.4 is 5.73 Å². The van der Waals surface area contributed by atoms with E-state index < -0.39 is 0 Å². The van der Waals surface area contributed by atoms with E-state index in [9.17, 15) is 0 Å². The molecule has 0 radical (unpaired) electrons. The summed E-state index contributed by atoms with van der Waals surface area (Å²) in [5.41, 5.74) is 7.67. The van der Waals surface area contributed by atoms with Crippen molar-refractivity contribution in [3.05, 3.63) is 42.2 Å². The van der Waals surface area contributed by atoms with E-state index in [1.807, 2.05) is 12.4 Å². The molecule has 3 unspecified atom stereocenters. The quantitative estimate of drug-likeness (QED) is 0.920. The van der Waals surface area contributed by atoms with Gasteiger partial charge in [0.2, 0.25) is 0 Å². The number of rotatable bonds is 2. The summed E-state index contributed by atoms with van der Waals surface area (Å²) in [4.78, 5) is 7.00. The molecule has 1 aliphatic heterocycles. The summed E-state index contributed by atoms with van der Waals surface area (Å²) in [6.07, 6.45) is 7.88. The van der Waals surface area contributed by atoms with E-state index in [1.54, 1.807) is 0 Å². The van der Waals surface area contributed by atoms with Crippen molar-refractivity contribution in [2.75, 3.05) is 13.1 Å². The summed E-state index contributed by atoms with van der Waals surface area (Å²) < 4.78 is 0. The number of nitrogens with two attached hydrogens (primary N) is 1. The topological polar surface area (TPSA) is 42.1 Å². The predicted molar refractivity (Wildman–Crippen MR) is 85.8 cm³/mol. The maximum atomic E-state index is 6.33. The molecule has 2 heterocycles. The number of aromatic nitrogens is 1. The van der Waals surface area contributed by atoms with Crippen LogP contribution in [0.25, 0.3) is 10.8 Å². The molecule has 2 aromatic rings. The molecular formula is C18H23N3. The first-order chi connectivity index (χ1) is 10.3. The second kappa shape index (κ2) is 5.39. The highest BCUT2D eigenvalue weighted by Crippen LogP contribution is 2.36. The van der Waals surface area contributed by atoms with Crippen LogP contribution in [0.2, 0.25) is 0 Å². The van der Waals surface area contributed by atoms with E-state index in [4.69, 9.17) is 5.73 Å². The van der Waals surface area contributed by atoms with Crippen molar-refractivity contribution in [1.82, 2.24) is 9.88 Å². The van der Waals surface area contributed by atoms with E-state index in [0.717, 1.165) is 19.0 Å². The molecule has 2 N–H and O–H groups in total. The number of pyridine rings is 1. The van der Waals surface area contributed by atoms with Gasteiger partial charge in [-0.25, -0.2) is 0 Å². The van der Waals surface area contributed by atoms with Crippen LogP contribution >= 0.6 is 0 Å². The predicted octanol–water partition coefficient (Wildman–Crippen LogP) is 2.79. The van der Waals surface area contributed by atoms with Gasteiger partial charge in [0.1, 0.15) is 0 Å². The molecule has 2 fully saturated rings. The van der Waals surface area contributed by atoms with E-state index in [-0.39, 0.29) is 0 Å². The van der Waals surface area contributed by atoms with Gasteiger partial charge in [-0.05, 0) is 35.6 Å². The molecule has 0 bridgehead atoms. The fourth-order valence-corrected chi connectivity index (χ4v) is 4.28. The Hall–Kier alpha value is -1.45. The lowest BCUT2D eigenvalue weighted by atomic mass is 9.78. The Bertz CT molecular complexity index is 634. The van der Waals surface area contributed by atoms with Crippen LogP contribution in [0, 0.1) is 11.8 Å². The molecule has 3 nitrogen and oxygen atoms in total. The smallest absolute Gasteiger partial charge is 0.0346 e. The lowest BCUT2D eigenvalue weighted by Gasteiger charge is -2.29. The zero-order chi connectivity index (χ0) is 14.2. The van der Waals surface area contributed by atoms with Crippen LogP contribution in [0.4, 0.5) is 0 Å². The lowest BCUT2D eigenvalue weighted by molar-refractivity contribution is 0.259. The average Bonchev–Trinajstić information content (AvgIpc) is 2.92. The Labute approximate surface area is 126 Å². The standard InChI is InChI=1S/C18H23N3/c19-18-7-3-5-14-10-21(12-17(14)18)11-15-9-20-8-13-4-1-2-6-16(13)15/h1-2,4,6,8-9,14,17-18H,3,5,7,10-12,19H2. The molecule has 1 aromatic carbocycles. The average molecular weight is 281 g/mol. The molecule has 0 spiro atoms. The van der Waals surface area contributed by atoms with Gasteiger partial charge < -0.3 is 5.73 Å². The second-order valence-electron chi connectivity index (χ2n) is 6.73. The molecular weight excluding hydrogens is 258 g/mol. The summed E-state index contributed by atoms with van der Waals surface area (Å²) in [6.45, 7) is 3.38. The molecule has 0 amide bonds. The van der Waals surface area contributed by atoms with Crippen molar-refractivity contribution in [2.24, 2.45) is 17.6 Å². The molecule has 1 aromatic heterocycles. The van der Waals surface area contributed by atoms with Gasteiger partial charge in [0.25, 0.3) is 0 Å². The molecule has 2 aliphatic rings. The summed E-state index contributed by atoms with van der Waals surface area (Å²) in [5.74, 6) is 1.53. The normalized spacial score (nSPS) is 29.7. The number of fused-ring (bicyclic) bond motifs is 2. The van der Waals surface area contributed by atoms with Gasteiger partial charge in [0.05, 0.1) is 0 Å². The first-order valence-corrected chi connectivity index (χ1v) is 8.11. The Morgan fingerprint density at radius 2 is 2.05 bits per heavy atom. The minimum Gasteiger partial charge on any atom is -0.327 e. The number of benzene rings is 1. The molecule has 1 saturated carbocycles. The highest BCUT2D eigenvalue weighted by atomic mass is 15.2. The van der Waals surface area contributed by atoms with E-state index in [0.29, 0.717) is 12.0 Å². The number of hydrogen-bond donors (Lipinski definition) is 1. The summed E-state index contributed by atoms with van der Waals surface area (Å²) >= 11 is 0. The van der Waals surface area contributed by atoms with Gasteiger partial charge in [-0.1, -0.05) is 30.7 Å². The van der Waals surface area contributed by atoms with Crippen LogP contribution in [0.3, 0.4) is 0 Å². The second-order valence-corrected chi connectivity index (χ2v) is 6.73. The third-order valence-corrected chi connectivity index (χ3v) is 5.37. The molecule has 1 aliphatic carbocycles. The molecule has 110 valence electrons. The molecule has 4 rings (SSSR count). The van der Waals surface area contributed by atoms with Crippen LogP contribution in [0.1, 0.15) is 24.8 Å². The van der Waals surface area contributed by atoms with E-state index in [1.165, 1.54) is 42.1 Å². The maximum Gasteiger partial charge on any atom is 0.0346 e. The minimum atomic E-state index is 0.416. The number of hydrogen-bond acceptors (Lipinski definition) is 3. The van der Waals surface area contributed by atoms with Gasteiger partial charge in [-0.3, -0.25) is 9.88 Å². The lowest BCUT2D eigenvalue weighted by Crippen LogP contribution is -2.38. The molecule has 3 atom stereocenters. The van der Waals surface area contributed by atoms with Crippen LogP contribution in [-0.2, 0) is 6.54 Å². The highest BCUT2D eigenvalue weighted by Gasteiger charge is 2.38. The third kappa shape index (κ3) is 2.45. The summed E-state index contributed by atoms with van der Waals surface area (Å²) in [6, 6.07) is 8.97. The SMILES string of the molecule is NC1CCCC2CN(Cc3cncc4ccccc34)CC12. The molecule has 1 saturated heterocycles. The van der Waals surface area contributed by atoms with E-state index >= 15 is 0 Å². The fraction of sp³-hybridized carbons (Fsp3) is 0.500. The van der Waals surface area contributed by atoms with Crippen molar-refractivity contribution >= 4 is 10.8 Å². The maximum absolute atomic E-state index is 6.33. The van der Waals surface area contributed by atoms with Gasteiger partial charge >= 0.3 is 0 Å². The molecule has 21 heavy (non-hydrogen) atoms. The minimum absolute atomic E-state index is 0.416. The van der Waals surface area contributed by atoms with Crippen molar-refractivity contribution < 1.29 is 0 Å². The summed E-state index contributed by atoms with van der Waals surface area (Å²) in [5, 5.41) is 2.58. The monoisotopic (exact) mass is 281 g/mol. The van der Waals surface area contributed by atoms with Crippen molar-refractivity contribution in [1.29, 1.82) is 0 Å². The van der Waals surface area contributed by atoms with Gasteiger partial charge in [-0.15, -0.1) is 0 Å². The fourth-order valence-electron chi connectivity index (χ4n) is 4.28. The third-order valence-electron chi connectivity index (χ3n) is 5.37. The first kappa shape index (κ1) is 13.2. The first-order valence-electron chi connectivity index (χ1n) is 8.11. The van der Waals surface area contributed by atoms with Crippen molar-refractivity contribution in [3.8, 4) is 0 Å². The highest BCUT2D eigenvalue weighted by molar-refractivity contribution is 5.84. The number of likely N-dealkylation sites (tertiary alicyclic amines) is 1. The van der Waals surface area contributed by atoms with Gasteiger partial charge in [-0.2, -0.15) is 0 Å². The van der Waals surface area contributed by atoms with Crippen molar-refractivity contribution in [2.45, 2.75) is 31.8 Å². The zero-order valence-electron chi connectivity index (χ0n) is 12.4. The van der Waals surface area contributed by atoms with Crippen LogP contribution in [0.5, 0.6) is 0 Å². The molecule has 3 heteroatoms. The van der Waals surface area contributed by atoms with E-state index in [2.05, 4.69) is 34.1 Å². The summed E-state index contributed by atoms with van der Waals surface area (Å²) in [7, 11) is 0. The van der Waals surface area contributed by atoms with Crippen molar-refractivity contribution in [3.63, 3.8) is 0 Å². The Balaban J connectivity index is 1.56. The van der Waals surface area contributed by atoms with Gasteiger partial charge in [0, 0.05) is 43.5 Å². The Kier molecular flexibility index (Phi) is 3.40. The zero-order valence-corrected chi connectivity index (χ0v) is 12.4.